The van der Waals surface area contributed by atoms with Gasteiger partial charge in [-0.2, -0.15) is 0 Å². The smallest absolute Gasteiger partial charge is 0.411 e. The minimum absolute atomic E-state index is 0.277. The van der Waals surface area contributed by atoms with Gasteiger partial charge in [0.15, 0.2) is 0 Å². The first-order chi connectivity index (χ1) is 14.5. The van der Waals surface area contributed by atoms with Crippen LogP contribution in [0, 0.1) is 0 Å². The van der Waals surface area contributed by atoms with E-state index in [4.69, 9.17) is 9.15 Å². The summed E-state index contributed by atoms with van der Waals surface area (Å²) < 4.78 is 11.4. The molecule has 2 aromatic carbocycles. The van der Waals surface area contributed by atoms with Crippen molar-refractivity contribution in [1.82, 2.24) is 9.88 Å². The first-order valence-corrected chi connectivity index (χ1v) is 10.4. The summed E-state index contributed by atoms with van der Waals surface area (Å²) in [6.45, 7) is 3.24. The van der Waals surface area contributed by atoms with E-state index in [9.17, 15) is 9.59 Å². The monoisotopic (exact) mass is 423 g/mol. The molecule has 0 aliphatic carbocycles. The summed E-state index contributed by atoms with van der Waals surface area (Å²) in [6.07, 6.45) is -0.550. The van der Waals surface area contributed by atoms with Crippen LogP contribution < -0.4 is 10.9 Å². The first kappa shape index (κ1) is 20.1. The molecule has 0 spiro atoms. The molecule has 0 fully saturated rings. The molecule has 1 N–H and O–H groups in total. The van der Waals surface area contributed by atoms with Crippen LogP contribution in [-0.2, 0) is 17.8 Å². The van der Waals surface area contributed by atoms with Gasteiger partial charge in [-0.15, -0.1) is 11.3 Å². The molecule has 30 heavy (non-hydrogen) atoms. The number of fused-ring (bicyclic) bond motifs is 2. The van der Waals surface area contributed by atoms with Gasteiger partial charge in [0.1, 0.15) is 10.6 Å². The number of hydrogen-bond acceptors (Lipinski definition) is 7. The second kappa shape index (κ2) is 8.64. The van der Waals surface area contributed by atoms with E-state index in [1.54, 1.807) is 30.4 Å². The first-order valence-electron chi connectivity index (χ1n) is 9.55. The summed E-state index contributed by atoms with van der Waals surface area (Å²) in [6, 6.07) is 14.8. The van der Waals surface area contributed by atoms with Gasteiger partial charge in [-0.25, -0.2) is 14.6 Å². The Morgan fingerprint density at radius 3 is 2.83 bits per heavy atom. The zero-order valence-electron chi connectivity index (χ0n) is 16.7. The predicted octanol–water partition coefficient (Wildman–Crippen LogP) is 4.60. The molecule has 2 heterocycles. The van der Waals surface area contributed by atoms with Crippen molar-refractivity contribution < 1.29 is 13.9 Å². The van der Waals surface area contributed by atoms with Gasteiger partial charge in [-0.05, 0) is 43.8 Å². The van der Waals surface area contributed by atoms with Crippen molar-refractivity contribution in [3.8, 4) is 0 Å². The molecule has 7 nitrogen and oxygen atoms in total. The van der Waals surface area contributed by atoms with E-state index in [1.807, 2.05) is 31.3 Å². The van der Waals surface area contributed by atoms with Gasteiger partial charge in [0.25, 0.3) is 0 Å². The SMILES string of the molecule is CCOC(=O)Nc1ccc2c(CN(C)Cc3nc4ccccc4s3)cc(=O)oc2c1. The largest absolute Gasteiger partial charge is 0.450 e. The number of ether oxygens (including phenoxy) is 1. The molecule has 8 heteroatoms. The van der Waals surface area contributed by atoms with Crippen molar-refractivity contribution in [2.75, 3.05) is 19.0 Å². The van der Waals surface area contributed by atoms with Crippen LogP contribution in [0.2, 0.25) is 0 Å². The molecule has 0 aliphatic rings. The quantitative estimate of drug-likeness (QED) is 0.456. The number of nitrogens with one attached hydrogen (secondary N) is 1. The summed E-state index contributed by atoms with van der Waals surface area (Å²) in [5.41, 5.74) is 2.34. The summed E-state index contributed by atoms with van der Waals surface area (Å²) in [7, 11) is 1.99. The van der Waals surface area contributed by atoms with E-state index in [0.717, 1.165) is 26.2 Å². The maximum absolute atomic E-state index is 12.1. The molecular weight excluding hydrogens is 402 g/mol. The summed E-state index contributed by atoms with van der Waals surface area (Å²) >= 11 is 1.67. The van der Waals surface area contributed by atoms with Crippen molar-refractivity contribution in [2.45, 2.75) is 20.0 Å². The Bertz CT molecular complexity index is 1230. The highest BCUT2D eigenvalue weighted by Crippen LogP contribution is 2.25. The Kier molecular flexibility index (Phi) is 5.78. The van der Waals surface area contributed by atoms with Crippen LogP contribution in [-0.4, -0.2) is 29.6 Å². The second-order valence-corrected chi connectivity index (χ2v) is 8.01. The van der Waals surface area contributed by atoms with Gasteiger partial charge in [0.05, 0.1) is 23.4 Å². The average molecular weight is 423 g/mol. The molecule has 0 unspecified atom stereocenters. The molecule has 2 aromatic heterocycles. The summed E-state index contributed by atoms with van der Waals surface area (Å²) in [5.74, 6) is 0. The molecular formula is C22H21N3O4S. The topological polar surface area (TPSA) is 84.7 Å². The van der Waals surface area contributed by atoms with Crippen LogP contribution in [0.1, 0.15) is 17.5 Å². The number of carbonyl (C=O) groups excluding carboxylic acids is 1. The Morgan fingerprint density at radius 2 is 2.03 bits per heavy atom. The number of carbonyl (C=O) groups is 1. The fourth-order valence-electron chi connectivity index (χ4n) is 3.29. The fraction of sp³-hybridized carbons (Fsp3) is 0.227. The van der Waals surface area contributed by atoms with Crippen molar-refractivity contribution >= 4 is 44.3 Å². The number of nitrogens with zero attached hydrogens (tertiary/aromatic N) is 2. The van der Waals surface area contributed by atoms with Crippen LogP contribution >= 0.6 is 11.3 Å². The Balaban J connectivity index is 1.55. The van der Waals surface area contributed by atoms with Crippen LogP contribution in [0.5, 0.6) is 0 Å². The Labute approximate surface area is 176 Å². The molecule has 1 amide bonds. The van der Waals surface area contributed by atoms with Crippen LogP contribution in [0.25, 0.3) is 21.2 Å². The lowest BCUT2D eigenvalue weighted by Gasteiger charge is -2.16. The van der Waals surface area contributed by atoms with E-state index in [0.29, 0.717) is 24.4 Å². The van der Waals surface area contributed by atoms with Crippen LogP contribution in [0.15, 0.2) is 57.7 Å². The van der Waals surface area contributed by atoms with Gasteiger partial charge < -0.3 is 9.15 Å². The van der Waals surface area contributed by atoms with E-state index in [2.05, 4.69) is 21.3 Å². The number of anilines is 1. The molecule has 0 saturated carbocycles. The highest BCUT2D eigenvalue weighted by molar-refractivity contribution is 7.18. The van der Waals surface area contributed by atoms with Crippen molar-refractivity contribution in [3.63, 3.8) is 0 Å². The lowest BCUT2D eigenvalue weighted by molar-refractivity contribution is 0.168. The lowest BCUT2D eigenvalue weighted by Crippen LogP contribution is -2.18. The maximum Gasteiger partial charge on any atom is 0.411 e. The van der Waals surface area contributed by atoms with Gasteiger partial charge in [-0.1, -0.05) is 12.1 Å². The standard InChI is InChI=1S/C22H21N3O4S/c1-3-28-22(27)23-15-8-9-16-14(10-21(26)29-18(16)11-15)12-25(2)13-20-24-17-6-4-5-7-19(17)30-20/h4-11H,3,12-13H2,1-2H3,(H,23,27). The number of para-hydroxylation sites is 1. The summed E-state index contributed by atoms with van der Waals surface area (Å²) in [5, 5.41) is 4.46. The van der Waals surface area contributed by atoms with Crippen molar-refractivity contribution in [2.24, 2.45) is 0 Å². The Hall–Kier alpha value is -3.23. The molecule has 0 bridgehead atoms. The number of aromatic nitrogens is 1. The molecule has 0 atom stereocenters. The molecule has 0 saturated heterocycles. The van der Waals surface area contributed by atoms with E-state index >= 15 is 0 Å². The number of rotatable bonds is 6. The molecule has 0 radical (unpaired) electrons. The third-order valence-electron chi connectivity index (χ3n) is 4.54. The van der Waals surface area contributed by atoms with Crippen LogP contribution in [0.4, 0.5) is 10.5 Å². The predicted molar refractivity (Wildman–Crippen MR) is 118 cm³/mol. The number of hydrogen-bond donors (Lipinski definition) is 1. The third kappa shape index (κ3) is 4.50. The minimum Gasteiger partial charge on any atom is -0.450 e. The summed E-state index contributed by atoms with van der Waals surface area (Å²) in [4.78, 5) is 30.5. The van der Waals surface area contributed by atoms with Crippen molar-refractivity contribution in [1.29, 1.82) is 0 Å². The fourth-order valence-corrected chi connectivity index (χ4v) is 4.34. The maximum atomic E-state index is 12.1. The zero-order valence-corrected chi connectivity index (χ0v) is 17.5. The number of thiazole rings is 1. The van der Waals surface area contributed by atoms with E-state index in [1.165, 1.54) is 6.07 Å². The Morgan fingerprint density at radius 1 is 1.20 bits per heavy atom. The normalized spacial score (nSPS) is 11.3. The molecule has 0 aliphatic heterocycles. The number of amides is 1. The van der Waals surface area contributed by atoms with Crippen molar-refractivity contribution in [3.05, 3.63) is 69.5 Å². The van der Waals surface area contributed by atoms with Gasteiger partial charge >= 0.3 is 11.7 Å². The number of benzene rings is 2. The van der Waals surface area contributed by atoms with Gasteiger partial charge in [-0.3, -0.25) is 10.2 Å². The third-order valence-corrected chi connectivity index (χ3v) is 5.56. The lowest BCUT2D eigenvalue weighted by atomic mass is 10.1. The van der Waals surface area contributed by atoms with E-state index < -0.39 is 11.7 Å². The average Bonchev–Trinajstić information content (AvgIpc) is 3.09. The molecule has 4 aromatic rings. The van der Waals surface area contributed by atoms with Crippen LogP contribution in [0.3, 0.4) is 0 Å². The highest BCUT2D eigenvalue weighted by Gasteiger charge is 2.12. The second-order valence-electron chi connectivity index (χ2n) is 6.89. The zero-order chi connectivity index (χ0) is 21.1. The highest BCUT2D eigenvalue weighted by atomic mass is 32.1. The molecule has 4 rings (SSSR count). The van der Waals surface area contributed by atoms with Gasteiger partial charge in [0, 0.05) is 29.8 Å². The minimum atomic E-state index is -0.550. The van der Waals surface area contributed by atoms with Gasteiger partial charge in [0.2, 0.25) is 0 Å². The van der Waals surface area contributed by atoms with E-state index in [-0.39, 0.29) is 6.61 Å². The molecule has 154 valence electrons.